The smallest absolute Gasteiger partial charge is 0.0738 e. The fourth-order valence-electron chi connectivity index (χ4n) is 1.38. The van der Waals surface area contributed by atoms with E-state index in [0.29, 0.717) is 0 Å². The zero-order chi connectivity index (χ0) is 10.0. The van der Waals surface area contributed by atoms with Crippen LogP contribution in [0.2, 0.25) is 0 Å². The van der Waals surface area contributed by atoms with Gasteiger partial charge in [-0.2, -0.15) is 5.10 Å². The molecule has 0 aromatic carbocycles. The maximum Gasteiger partial charge on any atom is 0.0738 e. The van der Waals surface area contributed by atoms with Crippen molar-refractivity contribution in [2.45, 2.75) is 33.2 Å². The van der Waals surface area contributed by atoms with Gasteiger partial charge in [0.25, 0.3) is 0 Å². The SMILES string of the molecule is Cc1nn(C(C)CCO)c(C)c1Br. The van der Waals surface area contributed by atoms with Crippen LogP contribution < -0.4 is 0 Å². The quantitative estimate of drug-likeness (QED) is 0.889. The molecule has 1 heterocycles. The Bertz CT molecular complexity index is 296. The van der Waals surface area contributed by atoms with Crippen LogP contribution in [0.4, 0.5) is 0 Å². The molecule has 0 bridgehead atoms. The fourth-order valence-corrected chi connectivity index (χ4v) is 1.64. The minimum atomic E-state index is 0.205. The van der Waals surface area contributed by atoms with Crippen LogP contribution in [0.1, 0.15) is 30.8 Å². The van der Waals surface area contributed by atoms with Crippen LogP contribution in [0.5, 0.6) is 0 Å². The first kappa shape index (κ1) is 10.7. The summed E-state index contributed by atoms with van der Waals surface area (Å²) in [6.45, 7) is 6.26. The van der Waals surface area contributed by atoms with Crippen LogP contribution in [0, 0.1) is 13.8 Å². The number of halogens is 1. The minimum Gasteiger partial charge on any atom is -0.396 e. The van der Waals surface area contributed by atoms with Crippen molar-refractivity contribution >= 4 is 15.9 Å². The van der Waals surface area contributed by atoms with Gasteiger partial charge in [0.2, 0.25) is 0 Å². The van der Waals surface area contributed by atoms with Gasteiger partial charge in [-0.3, -0.25) is 4.68 Å². The molecule has 0 spiro atoms. The van der Waals surface area contributed by atoms with E-state index in [-0.39, 0.29) is 12.6 Å². The van der Waals surface area contributed by atoms with E-state index >= 15 is 0 Å². The largest absolute Gasteiger partial charge is 0.396 e. The molecule has 1 aromatic rings. The monoisotopic (exact) mass is 246 g/mol. The van der Waals surface area contributed by atoms with Crippen molar-refractivity contribution in [3.8, 4) is 0 Å². The second kappa shape index (κ2) is 4.24. The second-order valence-electron chi connectivity index (χ2n) is 3.29. The normalized spacial score (nSPS) is 13.3. The zero-order valence-electron chi connectivity index (χ0n) is 8.21. The molecule has 0 aliphatic carbocycles. The average molecular weight is 247 g/mol. The third-order valence-electron chi connectivity index (χ3n) is 2.20. The predicted octanol–water partition coefficient (Wildman–Crippen LogP) is 2.21. The summed E-state index contributed by atoms with van der Waals surface area (Å²) in [5, 5.41) is 13.2. The van der Waals surface area contributed by atoms with Gasteiger partial charge in [0.05, 0.1) is 21.9 Å². The van der Waals surface area contributed by atoms with Crippen LogP contribution in [0.3, 0.4) is 0 Å². The number of hydrogen-bond donors (Lipinski definition) is 1. The van der Waals surface area contributed by atoms with Gasteiger partial charge < -0.3 is 5.11 Å². The minimum absolute atomic E-state index is 0.205. The summed E-state index contributed by atoms with van der Waals surface area (Å²) in [5.74, 6) is 0. The number of rotatable bonds is 3. The average Bonchev–Trinajstić information content (AvgIpc) is 2.33. The molecule has 4 heteroatoms. The van der Waals surface area contributed by atoms with Crippen LogP contribution in [-0.2, 0) is 0 Å². The number of aliphatic hydroxyl groups is 1. The van der Waals surface area contributed by atoms with Gasteiger partial charge in [0, 0.05) is 6.61 Å². The second-order valence-corrected chi connectivity index (χ2v) is 4.08. The lowest BCUT2D eigenvalue weighted by atomic mass is 10.2. The molecule has 0 aliphatic rings. The van der Waals surface area contributed by atoms with E-state index in [9.17, 15) is 0 Å². The first-order valence-electron chi connectivity index (χ1n) is 4.40. The van der Waals surface area contributed by atoms with Crippen LogP contribution >= 0.6 is 15.9 Å². The van der Waals surface area contributed by atoms with Crippen molar-refractivity contribution in [1.29, 1.82) is 0 Å². The van der Waals surface area contributed by atoms with Crippen molar-refractivity contribution in [3.05, 3.63) is 15.9 Å². The van der Waals surface area contributed by atoms with E-state index in [4.69, 9.17) is 5.11 Å². The number of aryl methyl sites for hydroxylation is 1. The number of aromatic nitrogens is 2. The van der Waals surface area contributed by atoms with Gasteiger partial charge in [-0.25, -0.2) is 0 Å². The molecule has 0 fully saturated rings. The van der Waals surface area contributed by atoms with Crippen molar-refractivity contribution in [1.82, 2.24) is 9.78 Å². The Hall–Kier alpha value is -0.350. The topological polar surface area (TPSA) is 38.0 Å². The van der Waals surface area contributed by atoms with Gasteiger partial charge in [-0.05, 0) is 43.1 Å². The molecule has 1 atom stereocenters. The van der Waals surface area contributed by atoms with Gasteiger partial charge in [0.15, 0.2) is 0 Å². The van der Waals surface area contributed by atoms with Crippen molar-refractivity contribution < 1.29 is 5.11 Å². The van der Waals surface area contributed by atoms with E-state index < -0.39 is 0 Å². The molecule has 13 heavy (non-hydrogen) atoms. The molecule has 0 radical (unpaired) electrons. The summed E-state index contributed by atoms with van der Waals surface area (Å²) in [6, 6.07) is 0.259. The number of nitrogens with zero attached hydrogens (tertiary/aromatic N) is 2. The lowest BCUT2D eigenvalue weighted by Gasteiger charge is -2.12. The molecule has 3 nitrogen and oxygen atoms in total. The highest BCUT2D eigenvalue weighted by molar-refractivity contribution is 9.10. The van der Waals surface area contributed by atoms with Gasteiger partial charge in [-0.1, -0.05) is 0 Å². The van der Waals surface area contributed by atoms with Crippen LogP contribution in [0.25, 0.3) is 0 Å². The van der Waals surface area contributed by atoms with E-state index in [1.165, 1.54) is 0 Å². The Morgan fingerprint density at radius 1 is 1.54 bits per heavy atom. The van der Waals surface area contributed by atoms with Gasteiger partial charge in [-0.15, -0.1) is 0 Å². The summed E-state index contributed by atoms with van der Waals surface area (Å²) in [5.41, 5.74) is 2.13. The molecule has 1 aromatic heterocycles. The third kappa shape index (κ3) is 2.11. The molecule has 0 saturated heterocycles. The van der Waals surface area contributed by atoms with Gasteiger partial charge >= 0.3 is 0 Å². The lowest BCUT2D eigenvalue weighted by Crippen LogP contribution is -2.10. The summed E-state index contributed by atoms with van der Waals surface area (Å²) < 4.78 is 3.02. The predicted molar refractivity (Wildman–Crippen MR) is 55.8 cm³/mol. The summed E-state index contributed by atoms with van der Waals surface area (Å²) >= 11 is 3.47. The zero-order valence-corrected chi connectivity index (χ0v) is 9.80. The Morgan fingerprint density at radius 2 is 2.15 bits per heavy atom. The van der Waals surface area contributed by atoms with Crippen LogP contribution in [0.15, 0.2) is 4.47 Å². The third-order valence-corrected chi connectivity index (χ3v) is 3.35. The highest BCUT2D eigenvalue weighted by Gasteiger charge is 2.12. The molecule has 1 N–H and O–H groups in total. The molecular weight excluding hydrogens is 232 g/mol. The van der Waals surface area contributed by atoms with E-state index in [1.807, 2.05) is 18.5 Å². The fraction of sp³-hybridized carbons (Fsp3) is 0.667. The van der Waals surface area contributed by atoms with E-state index in [2.05, 4.69) is 28.0 Å². The maximum absolute atomic E-state index is 8.81. The Balaban J connectivity index is 2.94. The molecule has 1 unspecified atom stereocenters. The van der Waals surface area contributed by atoms with Crippen molar-refractivity contribution in [2.24, 2.45) is 0 Å². The molecule has 0 amide bonds. The van der Waals surface area contributed by atoms with Crippen LogP contribution in [-0.4, -0.2) is 21.5 Å². The van der Waals surface area contributed by atoms with E-state index in [1.54, 1.807) is 0 Å². The van der Waals surface area contributed by atoms with Gasteiger partial charge in [0.1, 0.15) is 0 Å². The molecule has 0 aliphatic heterocycles. The maximum atomic E-state index is 8.81. The number of aliphatic hydroxyl groups excluding tert-OH is 1. The summed E-state index contributed by atoms with van der Waals surface area (Å²) in [6.07, 6.45) is 0.744. The molecule has 1 rings (SSSR count). The highest BCUT2D eigenvalue weighted by Crippen LogP contribution is 2.23. The standard InChI is InChI=1S/C9H15BrN2O/c1-6(4-5-13)12-8(3)9(10)7(2)11-12/h6,13H,4-5H2,1-3H3. The number of hydrogen-bond acceptors (Lipinski definition) is 2. The highest BCUT2D eigenvalue weighted by atomic mass is 79.9. The van der Waals surface area contributed by atoms with E-state index in [0.717, 1.165) is 22.3 Å². The summed E-state index contributed by atoms with van der Waals surface area (Å²) in [4.78, 5) is 0. The first-order valence-corrected chi connectivity index (χ1v) is 5.19. The Morgan fingerprint density at radius 3 is 2.54 bits per heavy atom. The Kier molecular flexibility index (Phi) is 3.50. The Labute approximate surface area is 86.9 Å². The lowest BCUT2D eigenvalue weighted by molar-refractivity contribution is 0.256. The first-order chi connectivity index (χ1) is 6.07. The molecular formula is C9H15BrN2O. The van der Waals surface area contributed by atoms with Crippen molar-refractivity contribution in [2.75, 3.05) is 6.61 Å². The van der Waals surface area contributed by atoms with Crippen molar-refractivity contribution in [3.63, 3.8) is 0 Å². The molecule has 74 valence electrons. The summed E-state index contributed by atoms with van der Waals surface area (Å²) in [7, 11) is 0. The molecule has 0 saturated carbocycles.